The van der Waals surface area contributed by atoms with E-state index in [4.69, 9.17) is 0 Å². The third-order valence-electron chi connectivity index (χ3n) is 4.36. The van der Waals surface area contributed by atoms with E-state index in [1.165, 1.54) is 19.2 Å². The van der Waals surface area contributed by atoms with E-state index < -0.39 is 32.6 Å². The number of carbonyl (C=O) groups excluding carboxylic acids is 2. The average molecular weight is 434 g/mol. The minimum atomic E-state index is -4.15. The molecular weight excluding hydrogens is 409 g/mol. The smallest absolute Gasteiger partial charge is 0.254 e. The van der Waals surface area contributed by atoms with E-state index in [0.29, 0.717) is 5.69 Å². The number of benzene rings is 2. The molecule has 30 heavy (non-hydrogen) atoms. The number of para-hydroxylation sites is 1. The van der Waals surface area contributed by atoms with Crippen LogP contribution in [-0.2, 0) is 14.8 Å². The quantitative estimate of drug-likeness (QED) is 0.626. The summed E-state index contributed by atoms with van der Waals surface area (Å²) in [5, 5.41) is 2.78. The third kappa shape index (κ3) is 5.52. The highest BCUT2D eigenvalue weighted by atomic mass is 32.2. The van der Waals surface area contributed by atoms with Crippen LogP contribution in [0.25, 0.3) is 0 Å². The van der Waals surface area contributed by atoms with Crippen molar-refractivity contribution >= 4 is 27.5 Å². The minimum absolute atomic E-state index is 0.0576. The molecule has 2 rings (SSSR count). The second kappa shape index (κ2) is 9.64. The van der Waals surface area contributed by atoms with Gasteiger partial charge in [0.25, 0.3) is 5.91 Å². The summed E-state index contributed by atoms with van der Waals surface area (Å²) in [6.07, 6.45) is 1.31. The molecule has 0 spiro atoms. The Hall–Kier alpha value is -3.04. The minimum Gasteiger partial charge on any atom is -0.332 e. The highest BCUT2D eigenvalue weighted by Gasteiger charge is 2.22. The number of likely N-dealkylation sites (N-methyl/N-ethyl adjacent to an activating group) is 1. The maximum absolute atomic E-state index is 14.1. The molecule has 160 valence electrons. The molecule has 0 unspecified atom stereocenters. The Balaban J connectivity index is 2.17. The number of sulfonamides is 1. The lowest BCUT2D eigenvalue weighted by molar-refractivity contribution is -0.116. The summed E-state index contributed by atoms with van der Waals surface area (Å²) in [4.78, 5) is 25.5. The van der Waals surface area contributed by atoms with E-state index in [1.54, 1.807) is 0 Å². The molecule has 0 aliphatic heterocycles. The molecule has 0 aliphatic rings. The number of nitrogens with one attached hydrogen (secondary N) is 2. The molecule has 2 aromatic rings. The van der Waals surface area contributed by atoms with Crippen LogP contribution in [-0.4, -0.2) is 45.3 Å². The molecule has 0 fully saturated rings. The van der Waals surface area contributed by atoms with Crippen molar-refractivity contribution in [1.82, 2.24) is 9.62 Å². The van der Waals surface area contributed by atoms with E-state index in [1.807, 2.05) is 32.0 Å². The Morgan fingerprint density at radius 1 is 1.17 bits per heavy atom. The topological polar surface area (TPSA) is 95.6 Å². The summed E-state index contributed by atoms with van der Waals surface area (Å²) in [7, 11) is -2.75. The van der Waals surface area contributed by atoms with Crippen molar-refractivity contribution in [3.8, 4) is 0 Å². The fourth-order valence-corrected chi connectivity index (χ4v) is 3.89. The van der Waals surface area contributed by atoms with E-state index >= 15 is 0 Å². The van der Waals surface area contributed by atoms with Crippen LogP contribution in [0.1, 0.15) is 21.5 Å². The first kappa shape index (κ1) is 23.2. The lowest BCUT2D eigenvalue weighted by atomic mass is 10.1. The number of amides is 2. The van der Waals surface area contributed by atoms with Crippen LogP contribution in [0.4, 0.5) is 10.1 Å². The number of halogens is 1. The van der Waals surface area contributed by atoms with Crippen molar-refractivity contribution in [3.05, 3.63) is 71.6 Å². The molecular formula is C21H24FN3O4S. The van der Waals surface area contributed by atoms with Crippen molar-refractivity contribution < 1.29 is 22.4 Å². The van der Waals surface area contributed by atoms with Gasteiger partial charge in [0.15, 0.2) is 0 Å². The Morgan fingerprint density at radius 3 is 2.40 bits per heavy atom. The van der Waals surface area contributed by atoms with Crippen LogP contribution >= 0.6 is 0 Å². The number of nitrogens with zero attached hydrogens (tertiary/aromatic N) is 1. The molecule has 0 heterocycles. The van der Waals surface area contributed by atoms with Gasteiger partial charge in [-0.25, -0.2) is 17.5 Å². The molecule has 2 aromatic carbocycles. The van der Waals surface area contributed by atoms with Crippen molar-refractivity contribution in [2.24, 2.45) is 0 Å². The van der Waals surface area contributed by atoms with Gasteiger partial charge < -0.3 is 10.2 Å². The lowest BCUT2D eigenvalue weighted by Crippen LogP contribution is -2.35. The van der Waals surface area contributed by atoms with E-state index in [0.717, 1.165) is 28.2 Å². The second-order valence-corrected chi connectivity index (χ2v) is 8.50. The Labute approximate surface area is 175 Å². The van der Waals surface area contributed by atoms with Crippen LogP contribution in [0.5, 0.6) is 0 Å². The summed E-state index contributed by atoms with van der Waals surface area (Å²) < 4.78 is 40.6. The third-order valence-corrected chi connectivity index (χ3v) is 5.80. The van der Waals surface area contributed by atoms with Gasteiger partial charge in [0, 0.05) is 24.8 Å². The summed E-state index contributed by atoms with van der Waals surface area (Å²) in [6, 6.07) is 8.62. The predicted octanol–water partition coefficient (Wildman–Crippen LogP) is 2.62. The zero-order valence-electron chi connectivity index (χ0n) is 17.0. The Bertz CT molecular complexity index is 1060. The Kier molecular flexibility index (Phi) is 7.47. The average Bonchev–Trinajstić information content (AvgIpc) is 2.69. The van der Waals surface area contributed by atoms with Crippen LogP contribution in [0.3, 0.4) is 0 Å². The summed E-state index contributed by atoms with van der Waals surface area (Å²) in [6.45, 7) is 6.77. The van der Waals surface area contributed by atoms with Gasteiger partial charge in [-0.3, -0.25) is 9.59 Å². The molecule has 2 amide bonds. The SMILES string of the molecule is C=CCNS(=O)(=O)c1cc(C(=O)N(C)CC(=O)Nc2c(C)cccc2C)ccc1F. The number of hydrogen-bond acceptors (Lipinski definition) is 4. The van der Waals surface area contributed by atoms with Crippen LogP contribution in [0.15, 0.2) is 53.9 Å². The van der Waals surface area contributed by atoms with Gasteiger partial charge in [0.2, 0.25) is 15.9 Å². The first-order valence-corrected chi connectivity index (χ1v) is 10.6. The maximum Gasteiger partial charge on any atom is 0.254 e. The summed E-state index contributed by atoms with van der Waals surface area (Å²) >= 11 is 0. The van der Waals surface area contributed by atoms with Gasteiger partial charge in [0.1, 0.15) is 10.7 Å². The molecule has 0 saturated heterocycles. The highest BCUT2D eigenvalue weighted by molar-refractivity contribution is 7.89. The summed E-state index contributed by atoms with van der Waals surface area (Å²) in [5.41, 5.74) is 2.39. The van der Waals surface area contributed by atoms with Gasteiger partial charge in [-0.15, -0.1) is 6.58 Å². The molecule has 0 atom stereocenters. The van der Waals surface area contributed by atoms with Crippen molar-refractivity contribution in [3.63, 3.8) is 0 Å². The fraction of sp³-hybridized carbons (Fsp3) is 0.238. The monoisotopic (exact) mass is 433 g/mol. The number of anilines is 1. The molecule has 0 radical (unpaired) electrons. The van der Waals surface area contributed by atoms with Gasteiger partial charge in [-0.05, 0) is 43.2 Å². The molecule has 9 heteroatoms. The van der Waals surface area contributed by atoms with Gasteiger partial charge >= 0.3 is 0 Å². The van der Waals surface area contributed by atoms with E-state index in [2.05, 4.69) is 16.6 Å². The molecule has 0 saturated carbocycles. The molecule has 0 aromatic heterocycles. The zero-order valence-corrected chi connectivity index (χ0v) is 17.8. The van der Waals surface area contributed by atoms with Crippen molar-refractivity contribution in [1.29, 1.82) is 0 Å². The van der Waals surface area contributed by atoms with Gasteiger partial charge in [-0.2, -0.15) is 0 Å². The van der Waals surface area contributed by atoms with Gasteiger partial charge in [-0.1, -0.05) is 24.3 Å². The molecule has 0 bridgehead atoms. The van der Waals surface area contributed by atoms with Crippen LogP contribution < -0.4 is 10.0 Å². The van der Waals surface area contributed by atoms with Crippen LogP contribution in [0.2, 0.25) is 0 Å². The van der Waals surface area contributed by atoms with Crippen LogP contribution in [0, 0.1) is 19.7 Å². The van der Waals surface area contributed by atoms with Gasteiger partial charge in [0.05, 0.1) is 6.54 Å². The first-order chi connectivity index (χ1) is 14.1. The highest BCUT2D eigenvalue weighted by Crippen LogP contribution is 2.20. The van der Waals surface area contributed by atoms with Crippen molar-refractivity contribution in [2.75, 3.05) is 25.5 Å². The Morgan fingerprint density at radius 2 is 1.80 bits per heavy atom. The normalized spacial score (nSPS) is 11.1. The zero-order chi connectivity index (χ0) is 22.5. The summed E-state index contributed by atoms with van der Waals surface area (Å²) in [5.74, 6) is -2.02. The van der Waals surface area contributed by atoms with E-state index in [-0.39, 0.29) is 18.7 Å². The second-order valence-electron chi connectivity index (χ2n) is 6.76. The molecule has 2 N–H and O–H groups in total. The molecule has 7 nitrogen and oxygen atoms in total. The first-order valence-electron chi connectivity index (χ1n) is 9.08. The standard InChI is InChI=1S/C21H24FN3O4S/c1-5-11-23-30(28,29)18-12-16(9-10-17(18)22)21(27)25(4)13-19(26)24-20-14(2)7-6-8-15(20)3/h5-10,12,23H,1,11,13H2,2-4H3,(H,24,26). The number of aryl methyl sites for hydroxylation is 2. The molecule has 0 aliphatic carbocycles. The largest absolute Gasteiger partial charge is 0.332 e. The number of hydrogen-bond donors (Lipinski definition) is 2. The predicted molar refractivity (Wildman–Crippen MR) is 113 cm³/mol. The lowest BCUT2D eigenvalue weighted by Gasteiger charge is -2.18. The maximum atomic E-state index is 14.1. The fourth-order valence-electron chi connectivity index (χ4n) is 2.79. The number of rotatable bonds is 8. The van der Waals surface area contributed by atoms with Crippen molar-refractivity contribution in [2.45, 2.75) is 18.7 Å². The number of carbonyl (C=O) groups is 2. The van der Waals surface area contributed by atoms with E-state index in [9.17, 15) is 22.4 Å².